The Morgan fingerprint density at radius 3 is 2.86 bits per heavy atom. The Labute approximate surface area is 128 Å². The van der Waals surface area contributed by atoms with Crippen molar-refractivity contribution in [3.05, 3.63) is 11.6 Å². The summed E-state index contributed by atoms with van der Waals surface area (Å²) >= 11 is 5.77. The molecule has 10 nitrogen and oxygen atoms in total. The third kappa shape index (κ3) is 2.16. The lowest BCUT2D eigenvalue weighted by atomic mass is 10.1. The topological polar surface area (TPSA) is 148 Å². The number of ether oxygens (including phenoxy) is 1. The minimum absolute atomic E-state index is 0.0737. The molecule has 1 amide bonds. The van der Waals surface area contributed by atoms with Crippen LogP contribution in [0.15, 0.2) is 6.33 Å². The number of nitrogen functional groups attached to an aromatic ring is 1. The molecular weight excluding hydrogens is 316 g/mol. The SMILES string of the molecule is CNC(=O)[C@H]1O[C@@H](n2cnc3c(N)nc(Cl)nc32)[C@H](O)[C@@H]1O. The molecule has 0 spiro atoms. The number of carbonyl (C=O) groups excluding carboxylic acids is 1. The number of hydrogen-bond acceptors (Lipinski definition) is 8. The van der Waals surface area contributed by atoms with Crippen LogP contribution >= 0.6 is 11.6 Å². The minimum atomic E-state index is -1.39. The monoisotopic (exact) mass is 328 g/mol. The zero-order valence-corrected chi connectivity index (χ0v) is 12.1. The number of rotatable bonds is 2. The van der Waals surface area contributed by atoms with E-state index in [0.29, 0.717) is 0 Å². The van der Waals surface area contributed by atoms with Crippen molar-refractivity contribution < 1.29 is 19.7 Å². The van der Waals surface area contributed by atoms with E-state index in [0.717, 1.165) is 0 Å². The molecule has 2 aromatic rings. The summed E-state index contributed by atoms with van der Waals surface area (Å²) in [5.74, 6) is -0.477. The molecule has 1 saturated heterocycles. The summed E-state index contributed by atoms with van der Waals surface area (Å²) in [6.45, 7) is 0. The van der Waals surface area contributed by atoms with Crippen molar-refractivity contribution in [3.8, 4) is 0 Å². The smallest absolute Gasteiger partial charge is 0.251 e. The van der Waals surface area contributed by atoms with Crippen LogP contribution in [0.25, 0.3) is 11.2 Å². The minimum Gasteiger partial charge on any atom is -0.387 e. The second-order valence-corrected chi connectivity index (χ2v) is 5.08. The number of carbonyl (C=O) groups is 1. The van der Waals surface area contributed by atoms with Gasteiger partial charge in [-0.25, -0.2) is 4.98 Å². The molecule has 0 unspecified atom stereocenters. The van der Waals surface area contributed by atoms with Gasteiger partial charge in [-0.15, -0.1) is 0 Å². The lowest BCUT2D eigenvalue weighted by Gasteiger charge is -2.16. The van der Waals surface area contributed by atoms with Crippen LogP contribution in [0.4, 0.5) is 5.82 Å². The van der Waals surface area contributed by atoms with Gasteiger partial charge in [-0.1, -0.05) is 0 Å². The van der Waals surface area contributed by atoms with E-state index < -0.39 is 30.4 Å². The van der Waals surface area contributed by atoms with Crippen LogP contribution in [0, 0.1) is 0 Å². The van der Waals surface area contributed by atoms with Crippen LogP contribution < -0.4 is 11.1 Å². The number of anilines is 1. The first-order chi connectivity index (χ1) is 10.4. The Morgan fingerprint density at radius 1 is 1.45 bits per heavy atom. The number of halogens is 1. The molecule has 118 valence electrons. The molecule has 2 aromatic heterocycles. The van der Waals surface area contributed by atoms with Gasteiger partial charge in [0.25, 0.3) is 5.91 Å². The van der Waals surface area contributed by atoms with Gasteiger partial charge in [0.05, 0.1) is 6.33 Å². The predicted octanol–water partition coefficient (Wildman–Crippen LogP) is -1.57. The number of nitrogens with one attached hydrogen (secondary N) is 1. The molecule has 1 fully saturated rings. The second-order valence-electron chi connectivity index (χ2n) is 4.74. The van der Waals surface area contributed by atoms with E-state index in [1.54, 1.807) is 0 Å². The van der Waals surface area contributed by atoms with Gasteiger partial charge < -0.3 is 26.0 Å². The van der Waals surface area contributed by atoms with Crippen molar-refractivity contribution in [2.75, 3.05) is 12.8 Å². The van der Waals surface area contributed by atoms with E-state index in [9.17, 15) is 15.0 Å². The maximum Gasteiger partial charge on any atom is 0.251 e. The molecule has 5 N–H and O–H groups in total. The van der Waals surface area contributed by atoms with E-state index in [1.807, 2.05) is 0 Å². The summed E-state index contributed by atoms with van der Waals surface area (Å²) < 4.78 is 6.78. The third-order valence-corrected chi connectivity index (χ3v) is 3.61. The summed E-state index contributed by atoms with van der Waals surface area (Å²) in [4.78, 5) is 23.5. The Hall–Kier alpha value is -2.01. The van der Waals surface area contributed by atoms with Gasteiger partial charge in [-0.05, 0) is 11.6 Å². The van der Waals surface area contributed by atoms with Crippen LogP contribution in [0.3, 0.4) is 0 Å². The van der Waals surface area contributed by atoms with Gasteiger partial charge >= 0.3 is 0 Å². The molecule has 0 bridgehead atoms. The van der Waals surface area contributed by atoms with Gasteiger partial charge in [-0.3, -0.25) is 9.36 Å². The number of imidazole rings is 1. The van der Waals surface area contributed by atoms with Crippen LogP contribution in [0.1, 0.15) is 6.23 Å². The van der Waals surface area contributed by atoms with Crippen LogP contribution in [0.5, 0.6) is 0 Å². The average molecular weight is 329 g/mol. The Kier molecular flexibility index (Phi) is 3.60. The predicted molar refractivity (Wildman–Crippen MR) is 74.7 cm³/mol. The fourth-order valence-corrected chi connectivity index (χ4v) is 2.52. The Bertz CT molecular complexity index is 737. The van der Waals surface area contributed by atoms with Gasteiger partial charge in [0, 0.05) is 7.05 Å². The zero-order chi connectivity index (χ0) is 16.0. The van der Waals surface area contributed by atoms with Crippen LogP contribution in [-0.2, 0) is 9.53 Å². The number of aliphatic hydroxyl groups is 2. The molecule has 0 radical (unpaired) electrons. The van der Waals surface area contributed by atoms with E-state index in [-0.39, 0.29) is 22.3 Å². The zero-order valence-electron chi connectivity index (χ0n) is 11.3. The molecule has 0 saturated carbocycles. The molecule has 3 heterocycles. The third-order valence-electron chi connectivity index (χ3n) is 3.44. The summed E-state index contributed by atoms with van der Waals surface area (Å²) in [7, 11) is 1.40. The Morgan fingerprint density at radius 2 is 2.18 bits per heavy atom. The highest BCUT2D eigenvalue weighted by Gasteiger charge is 2.47. The van der Waals surface area contributed by atoms with Crippen molar-refractivity contribution in [1.82, 2.24) is 24.8 Å². The Balaban J connectivity index is 2.03. The summed E-state index contributed by atoms with van der Waals surface area (Å²) in [5.41, 5.74) is 6.20. The quantitative estimate of drug-likeness (QED) is 0.483. The van der Waals surface area contributed by atoms with Crippen LogP contribution in [-0.4, -0.2) is 61.0 Å². The maximum atomic E-state index is 11.7. The highest BCUT2D eigenvalue weighted by Crippen LogP contribution is 2.32. The highest BCUT2D eigenvalue weighted by molar-refractivity contribution is 6.28. The number of hydrogen-bond donors (Lipinski definition) is 4. The van der Waals surface area contributed by atoms with Gasteiger partial charge in [0.15, 0.2) is 23.8 Å². The highest BCUT2D eigenvalue weighted by atomic mass is 35.5. The fraction of sp³-hybridized carbons (Fsp3) is 0.455. The molecule has 11 heteroatoms. The fourth-order valence-electron chi connectivity index (χ4n) is 2.35. The number of nitrogens with zero attached hydrogens (tertiary/aromatic N) is 4. The lowest BCUT2D eigenvalue weighted by molar-refractivity contribution is -0.137. The standard InChI is InChI=1S/C11H13ClN6O4/c1-14-9(21)6-4(19)5(20)10(22-6)18-2-15-3-7(13)16-11(12)17-8(3)18/h2,4-6,10,19-20H,1H3,(H,14,21)(H2,13,16,17)/t4-,5+,6-,10+/m0/s1. The average Bonchev–Trinajstić information content (AvgIpc) is 3.01. The molecule has 0 aromatic carbocycles. The van der Waals surface area contributed by atoms with Crippen molar-refractivity contribution in [2.24, 2.45) is 0 Å². The summed E-state index contributed by atoms with van der Waals surface area (Å²) in [6.07, 6.45) is -3.70. The van der Waals surface area contributed by atoms with E-state index in [2.05, 4.69) is 20.3 Å². The molecule has 0 aliphatic carbocycles. The summed E-state index contributed by atoms with van der Waals surface area (Å²) in [6, 6.07) is 0. The molecule has 3 rings (SSSR count). The molecule has 1 aliphatic heterocycles. The number of likely N-dealkylation sites (N-methyl/N-ethyl adjacent to an activating group) is 1. The molecule has 1 aliphatic rings. The van der Waals surface area contributed by atoms with E-state index in [1.165, 1.54) is 17.9 Å². The number of nitrogens with two attached hydrogens (primary N) is 1. The van der Waals surface area contributed by atoms with Crippen molar-refractivity contribution in [2.45, 2.75) is 24.5 Å². The van der Waals surface area contributed by atoms with Gasteiger partial charge in [0.2, 0.25) is 5.28 Å². The first kappa shape index (κ1) is 14.9. The maximum absolute atomic E-state index is 11.7. The number of aromatic nitrogens is 4. The number of amides is 1. The largest absolute Gasteiger partial charge is 0.387 e. The molecule has 22 heavy (non-hydrogen) atoms. The number of aliphatic hydroxyl groups excluding tert-OH is 2. The first-order valence-electron chi connectivity index (χ1n) is 6.32. The number of fused-ring (bicyclic) bond motifs is 1. The van der Waals surface area contributed by atoms with Crippen molar-refractivity contribution in [1.29, 1.82) is 0 Å². The van der Waals surface area contributed by atoms with Gasteiger partial charge in [-0.2, -0.15) is 9.97 Å². The molecule has 4 atom stereocenters. The lowest BCUT2D eigenvalue weighted by Crippen LogP contribution is -2.41. The van der Waals surface area contributed by atoms with E-state index in [4.69, 9.17) is 22.1 Å². The second kappa shape index (κ2) is 5.32. The first-order valence-corrected chi connectivity index (χ1v) is 6.70. The normalized spacial score (nSPS) is 28.2. The van der Waals surface area contributed by atoms with Gasteiger partial charge in [0.1, 0.15) is 17.7 Å². The van der Waals surface area contributed by atoms with E-state index >= 15 is 0 Å². The molecular formula is C11H13ClN6O4. The summed E-state index contributed by atoms with van der Waals surface area (Å²) in [5, 5.41) is 22.3. The van der Waals surface area contributed by atoms with Crippen molar-refractivity contribution in [3.63, 3.8) is 0 Å². The van der Waals surface area contributed by atoms with Crippen molar-refractivity contribution >= 4 is 34.5 Å². The van der Waals surface area contributed by atoms with Crippen LogP contribution in [0.2, 0.25) is 5.28 Å².